The Bertz CT molecular complexity index is 354. The highest BCUT2D eigenvalue weighted by atomic mass is 16.3. The SMILES string of the molecule is CCN(CC(C)(C)O)C(CN)c1ccc(C)cc1. The van der Waals surface area contributed by atoms with E-state index in [1.165, 1.54) is 11.1 Å². The van der Waals surface area contributed by atoms with Crippen LogP contribution in [0.25, 0.3) is 0 Å². The Morgan fingerprint density at radius 3 is 2.22 bits per heavy atom. The van der Waals surface area contributed by atoms with Crippen molar-refractivity contribution in [3.8, 4) is 0 Å². The zero-order valence-electron chi connectivity index (χ0n) is 12.0. The number of nitrogens with zero attached hydrogens (tertiary/aromatic N) is 1. The summed E-state index contributed by atoms with van der Waals surface area (Å²) in [5, 5.41) is 9.97. The minimum absolute atomic E-state index is 0.169. The molecular formula is C15H26N2O. The van der Waals surface area contributed by atoms with Gasteiger partial charge in [-0.25, -0.2) is 0 Å². The maximum absolute atomic E-state index is 9.97. The summed E-state index contributed by atoms with van der Waals surface area (Å²) < 4.78 is 0. The van der Waals surface area contributed by atoms with E-state index in [4.69, 9.17) is 5.73 Å². The van der Waals surface area contributed by atoms with Crippen LogP contribution >= 0.6 is 0 Å². The van der Waals surface area contributed by atoms with Crippen LogP contribution in [-0.2, 0) is 0 Å². The van der Waals surface area contributed by atoms with Crippen LogP contribution in [0.1, 0.15) is 37.9 Å². The highest BCUT2D eigenvalue weighted by Gasteiger charge is 2.23. The lowest BCUT2D eigenvalue weighted by atomic mass is 10.0. The van der Waals surface area contributed by atoms with Crippen molar-refractivity contribution in [2.75, 3.05) is 19.6 Å². The van der Waals surface area contributed by atoms with Crippen LogP contribution in [-0.4, -0.2) is 35.2 Å². The lowest BCUT2D eigenvalue weighted by Gasteiger charge is -2.34. The Morgan fingerprint density at radius 1 is 1.28 bits per heavy atom. The zero-order chi connectivity index (χ0) is 13.8. The number of likely N-dealkylation sites (N-methyl/N-ethyl adjacent to an activating group) is 1. The molecule has 1 rings (SSSR count). The fourth-order valence-corrected chi connectivity index (χ4v) is 2.22. The van der Waals surface area contributed by atoms with Crippen LogP contribution in [0.2, 0.25) is 0 Å². The van der Waals surface area contributed by atoms with E-state index < -0.39 is 5.60 Å². The summed E-state index contributed by atoms with van der Waals surface area (Å²) in [4.78, 5) is 2.23. The monoisotopic (exact) mass is 250 g/mol. The average Bonchev–Trinajstić information content (AvgIpc) is 2.29. The van der Waals surface area contributed by atoms with Gasteiger partial charge in [-0.05, 0) is 32.9 Å². The van der Waals surface area contributed by atoms with Crippen molar-refractivity contribution in [2.24, 2.45) is 5.73 Å². The van der Waals surface area contributed by atoms with Gasteiger partial charge in [0.1, 0.15) is 0 Å². The first-order valence-electron chi connectivity index (χ1n) is 6.60. The third-order valence-electron chi connectivity index (χ3n) is 3.12. The van der Waals surface area contributed by atoms with Gasteiger partial charge in [-0.3, -0.25) is 4.90 Å². The molecule has 1 aromatic carbocycles. The molecule has 3 N–H and O–H groups in total. The second-order valence-electron chi connectivity index (χ2n) is 5.54. The van der Waals surface area contributed by atoms with Gasteiger partial charge >= 0.3 is 0 Å². The van der Waals surface area contributed by atoms with E-state index in [0.717, 1.165) is 6.54 Å². The summed E-state index contributed by atoms with van der Waals surface area (Å²) in [6, 6.07) is 8.63. The van der Waals surface area contributed by atoms with Crippen molar-refractivity contribution < 1.29 is 5.11 Å². The van der Waals surface area contributed by atoms with E-state index in [9.17, 15) is 5.11 Å². The number of hydrogen-bond donors (Lipinski definition) is 2. The van der Waals surface area contributed by atoms with Gasteiger partial charge in [-0.2, -0.15) is 0 Å². The molecule has 0 bridgehead atoms. The van der Waals surface area contributed by atoms with Crippen molar-refractivity contribution in [3.05, 3.63) is 35.4 Å². The Morgan fingerprint density at radius 2 is 1.83 bits per heavy atom. The molecule has 1 aromatic rings. The predicted molar refractivity (Wildman–Crippen MR) is 76.5 cm³/mol. The summed E-state index contributed by atoms with van der Waals surface area (Å²) in [5.41, 5.74) is 7.68. The predicted octanol–water partition coefficient (Wildman–Crippen LogP) is 2.09. The summed E-state index contributed by atoms with van der Waals surface area (Å²) in [6.07, 6.45) is 0. The molecule has 102 valence electrons. The van der Waals surface area contributed by atoms with E-state index in [-0.39, 0.29) is 6.04 Å². The summed E-state index contributed by atoms with van der Waals surface area (Å²) in [6.45, 7) is 9.90. The number of rotatable bonds is 6. The fraction of sp³-hybridized carbons (Fsp3) is 0.600. The van der Waals surface area contributed by atoms with Gasteiger partial charge in [-0.1, -0.05) is 36.8 Å². The third kappa shape index (κ3) is 4.41. The zero-order valence-corrected chi connectivity index (χ0v) is 12.0. The molecule has 0 aliphatic rings. The van der Waals surface area contributed by atoms with Gasteiger partial charge in [0, 0.05) is 19.1 Å². The van der Waals surface area contributed by atoms with Crippen molar-refractivity contribution in [2.45, 2.75) is 39.3 Å². The minimum Gasteiger partial charge on any atom is -0.389 e. The lowest BCUT2D eigenvalue weighted by molar-refractivity contribution is 0.0235. The molecular weight excluding hydrogens is 224 g/mol. The molecule has 0 spiro atoms. The molecule has 0 fully saturated rings. The lowest BCUT2D eigenvalue weighted by Crippen LogP contribution is -2.42. The quantitative estimate of drug-likeness (QED) is 0.813. The van der Waals surface area contributed by atoms with Crippen LogP contribution in [0.3, 0.4) is 0 Å². The van der Waals surface area contributed by atoms with Crippen molar-refractivity contribution >= 4 is 0 Å². The second-order valence-corrected chi connectivity index (χ2v) is 5.54. The van der Waals surface area contributed by atoms with Gasteiger partial charge in [0.05, 0.1) is 5.60 Å². The number of aliphatic hydroxyl groups is 1. The molecule has 1 unspecified atom stereocenters. The Labute approximate surface area is 111 Å². The molecule has 0 amide bonds. The van der Waals surface area contributed by atoms with Crippen molar-refractivity contribution in [3.63, 3.8) is 0 Å². The van der Waals surface area contributed by atoms with Gasteiger partial charge in [0.2, 0.25) is 0 Å². The number of nitrogens with two attached hydrogens (primary N) is 1. The van der Waals surface area contributed by atoms with Gasteiger partial charge in [-0.15, -0.1) is 0 Å². The molecule has 1 atom stereocenters. The normalized spacial score (nSPS) is 13.9. The molecule has 0 aliphatic carbocycles. The molecule has 3 nitrogen and oxygen atoms in total. The van der Waals surface area contributed by atoms with Crippen molar-refractivity contribution in [1.82, 2.24) is 4.90 Å². The Balaban J connectivity index is 2.89. The molecule has 0 saturated carbocycles. The second kappa shape index (κ2) is 6.32. The van der Waals surface area contributed by atoms with E-state index in [0.29, 0.717) is 13.1 Å². The molecule has 0 aliphatic heterocycles. The van der Waals surface area contributed by atoms with E-state index >= 15 is 0 Å². The first kappa shape index (κ1) is 15.2. The summed E-state index contributed by atoms with van der Waals surface area (Å²) in [7, 11) is 0. The summed E-state index contributed by atoms with van der Waals surface area (Å²) in [5.74, 6) is 0. The molecule has 0 aromatic heterocycles. The molecule has 0 radical (unpaired) electrons. The fourth-order valence-electron chi connectivity index (χ4n) is 2.22. The molecule has 3 heteroatoms. The largest absolute Gasteiger partial charge is 0.389 e. The average molecular weight is 250 g/mol. The van der Waals surface area contributed by atoms with Crippen LogP contribution < -0.4 is 5.73 Å². The molecule has 18 heavy (non-hydrogen) atoms. The Kier molecular flexibility index (Phi) is 5.32. The van der Waals surface area contributed by atoms with Crippen LogP contribution in [0.15, 0.2) is 24.3 Å². The van der Waals surface area contributed by atoms with E-state index in [1.54, 1.807) is 0 Å². The standard InChI is InChI=1S/C15H26N2O/c1-5-17(11-15(3,4)18)14(10-16)13-8-6-12(2)7-9-13/h6-9,14,18H,5,10-11,16H2,1-4H3. The molecule has 0 heterocycles. The van der Waals surface area contributed by atoms with Gasteiger partial charge < -0.3 is 10.8 Å². The van der Waals surface area contributed by atoms with Crippen LogP contribution in [0.4, 0.5) is 0 Å². The highest BCUT2D eigenvalue weighted by Crippen LogP contribution is 2.22. The smallest absolute Gasteiger partial charge is 0.0718 e. The van der Waals surface area contributed by atoms with Crippen LogP contribution in [0.5, 0.6) is 0 Å². The summed E-state index contributed by atoms with van der Waals surface area (Å²) >= 11 is 0. The Hall–Kier alpha value is -0.900. The first-order valence-corrected chi connectivity index (χ1v) is 6.60. The highest BCUT2D eigenvalue weighted by molar-refractivity contribution is 5.24. The van der Waals surface area contributed by atoms with Gasteiger partial charge in [0.15, 0.2) is 0 Å². The number of benzene rings is 1. The number of aryl methyl sites for hydroxylation is 1. The molecule has 0 saturated heterocycles. The van der Waals surface area contributed by atoms with Crippen molar-refractivity contribution in [1.29, 1.82) is 0 Å². The maximum Gasteiger partial charge on any atom is 0.0718 e. The van der Waals surface area contributed by atoms with E-state index in [1.807, 2.05) is 13.8 Å². The minimum atomic E-state index is -0.700. The number of hydrogen-bond acceptors (Lipinski definition) is 3. The van der Waals surface area contributed by atoms with E-state index in [2.05, 4.69) is 43.0 Å². The third-order valence-corrected chi connectivity index (χ3v) is 3.12. The van der Waals surface area contributed by atoms with Gasteiger partial charge in [0.25, 0.3) is 0 Å². The topological polar surface area (TPSA) is 49.5 Å². The first-order chi connectivity index (χ1) is 8.37. The van der Waals surface area contributed by atoms with Crippen LogP contribution in [0, 0.1) is 6.92 Å². The maximum atomic E-state index is 9.97.